The molecule has 0 spiro atoms. The number of carbonyl (C=O) groups is 2. The fraction of sp³-hybridized carbons (Fsp3) is 0.533. The second-order valence-electron chi connectivity index (χ2n) is 6.11. The third kappa shape index (κ3) is 2.01. The molecule has 6 nitrogen and oxygen atoms in total. The zero-order valence-electron chi connectivity index (χ0n) is 13.2. The van der Waals surface area contributed by atoms with Gasteiger partial charge in [-0.1, -0.05) is 28.6 Å². The standard InChI is InChI=1S/C15H17BrN2O4S2/c1-4-6-22-12(21)14(8-19)13(2,3)24-11-15(16,10(20)18(11)14)9-17-5-7-23-9/h4-5,7,11,19H,1,6,8H2,2-3H3/t11-,14+,15?/m1/s1. The highest BCUT2D eigenvalue weighted by molar-refractivity contribution is 9.10. The van der Waals surface area contributed by atoms with Crippen LogP contribution in [-0.4, -0.2) is 55.7 Å². The maximum atomic E-state index is 13.0. The van der Waals surface area contributed by atoms with Crippen LogP contribution in [0.2, 0.25) is 0 Å². The molecule has 3 rings (SSSR count). The number of aliphatic hydroxyl groups excluding tert-OH is 1. The first-order valence-electron chi connectivity index (χ1n) is 7.27. The summed E-state index contributed by atoms with van der Waals surface area (Å²) in [4.78, 5) is 31.4. The van der Waals surface area contributed by atoms with Crippen LogP contribution in [0.25, 0.3) is 0 Å². The Kier molecular flexibility index (Phi) is 4.35. The topological polar surface area (TPSA) is 79.7 Å². The molecule has 0 aliphatic carbocycles. The number of nitrogens with zero attached hydrogens (tertiary/aromatic N) is 2. The number of amides is 1. The van der Waals surface area contributed by atoms with Crippen molar-refractivity contribution < 1.29 is 19.4 Å². The summed E-state index contributed by atoms with van der Waals surface area (Å²) in [5.74, 6) is -0.905. The number of aromatic nitrogens is 1. The van der Waals surface area contributed by atoms with E-state index in [1.807, 2.05) is 13.8 Å². The number of thioether (sulfide) groups is 1. The van der Waals surface area contributed by atoms with E-state index in [0.717, 1.165) is 0 Å². The Morgan fingerprint density at radius 2 is 2.33 bits per heavy atom. The lowest BCUT2D eigenvalue weighted by Gasteiger charge is -2.53. The van der Waals surface area contributed by atoms with Gasteiger partial charge in [0.2, 0.25) is 0 Å². The molecule has 0 bridgehead atoms. The molecule has 0 aromatic carbocycles. The number of carbonyl (C=O) groups excluding carboxylic acids is 2. The number of β-lactam (4-membered cyclic amide) rings is 1. The fourth-order valence-corrected chi connectivity index (χ4v) is 6.83. The predicted octanol–water partition coefficient (Wildman–Crippen LogP) is 1.89. The third-order valence-corrected chi connectivity index (χ3v) is 8.90. The van der Waals surface area contributed by atoms with Crippen molar-refractivity contribution in [1.82, 2.24) is 9.88 Å². The van der Waals surface area contributed by atoms with Crippen LogP contribution in [0.15, 0.2) is 24.2 Å². The lowest BCUT2D eigenvalue weighted by Crippen LogP contribution is -2.76. The number of halogens is 1. The second-order valence-corrected chi connectivity index (χ2v) is 9.96. The minimum atomic E-state index is -1.43. The van der Waals surface area contributed by atoms with Gasteiger partial charge in [-0.15, -0.1) is 23.1 Å². The first-order chi connectivity index (χ1) is 11.3. The maximum absolute atomic E-state index is 13.0. The van der Waals surface area contributed by atoms with Crippen molar-refractivity contribution in [3.8, 4) is 0 Å². The molecule has 1 aromatic heterocycles. The lowest BCUT2D eigenvalue weighted by molar-refractivity contribution is -0.178. The van der Waals surface area contributed by atoms with Gasteiger partial charge in [0.05, 0.1) is 6.61 Å². The van der Waals surface area contributed by atoms with E-state index in [1.165, 1.54) is 34.1 Å². The number of ether oxygens (including phenoxy) is 1. The average molecular weight is 433 g/mol. The highest BCUT2D eigenvalue weighted by atomic mass is 79.9. The number of rotatable bonds is 5. The summed E-state index contributed by atoms with van der Waals surface area (Å²) >= 11 is 6.38. The predicted molar refractivity (Wildman–Crippen MR) is 96.0 cm³/mol. The largest absolute Gasteiger partial charge is 0.460 e. The Balaban J connectivity index is 2.03. The molecule has 1 aromatic rings. The quantitative estimate of drug-likeness (QED) is 0.331. The van der Waals surface area contributed by atoms with Gasteiger partial charge in [0, 0.05) is 16.3 Å². The van der Waals surface area contributed by atoms with E-state index in [-0.39, 0.29) is 17.9 Å². The van der Waals surface area contributed by atoms with Gasteiger partial charge < -0.3 is 14.7 Å². The van der Waals surface area contributed by atoms with Crippen molar-refractivity contribution in [2.75, 3.05) is 13.2 Å². The van der Waals surface area contributed by atoms with E-state index in [4.69, 9.17) is 4.74 Å². The summed E-state index contributed by atoms with van der Waals surface area (Å²) in [5, 5.41) is 12.2. The van der Waals surface area contributed by atoms with E-state index in [1.54, 1.807) is 11.6 Å². The van der Waals surface area contributed by atoms with Crippen LogP contribution in [0.5, 0.6) is 0 Å². The molecule has 1 N–H and O–H groups in total. The molecule has 3 heterocycles. The van der Waals surface area contributed by atoms with Gasteiger partial charge in [-0.25, -0.2) is 9.78 Å². The van der Waals surface area contributed by atoms with Crippen molar-refractivity contribution in [1.29, 1.82) is 0 Å². The third-order valence-electron chi connectivity index (χ3n) is 4.56. The van der Waals surface area contributed by atoms with Crippen molar-refractivity contribution >= 4 is 50.9 Å². The summed E-state index contributed by atoms with van der Waals surface area (Å²) in [5.41, 5.74) is -1.43. The van der Waals surface area contributed by atoms with Crippen molar-refractivity contribution in [3.63, 3.8) is 0 Å². The van der Waals surface area contributed by atoms with E-state index in [9.17, 15) is 14.7 Å². The summed E-state index contributed by atoms with van der Waals surface area (Å²) < 4.78 is 3.51. The molecule has 130 valence electrons. The van der Waals surface area contributed by atoms with Crippen LogP contribution in [0, 0.1) is 0 Å². The molecule has 1 unspecified atom stereocenters. The first kappa shape index (κ1) is 17.9. The molecule has 3 atom stereocenters. The number of hydrogen-bond donors (Lipinski definition) is 1. The Labute approximate surface area is 156 Å². The minimum absolute atomic E-state index is 0.0277. The Hall–Kier alpha value is -0.900. The molecule has 0 saturated carbocycles. The number of aliphatic hydroxyl groups is 1. The number of esters is 1. The maximum Gasteiger partial charge on any atom is 0.336 e. The minimum Gasteiger partial charge on any atom is -0.460 e. The molecule has 0 radical (unpaired) electrons. The number of hydrogen-bond acceptors (Lipinski definition) is 7. The molecule has 1 amide bonds. The van der Waals surface area contributed by atoms with E-state index >= 15 is 0 Å². The fourth-order valence-electron chi connectivity index (χ4n) is 3.20. The van der Waals surface area contributed by atoms with Gasteiger partial charge in [0.25, 0.3) is 5.91 Å². The Morgan fingerprint density at radius 3 is 2.88 bits per heavy atom. The Bertz CT molecular complexity index is 696. The van der Waals surface area contributed by atoms with Crippen LogP contribution in [0.3, 0.4) is 0 Å². The first-order valence-corrected chi connectivity index (χ1v) is 9.82. The molecule has 9 heteroatoms. The number of thiazole rings is 1. The molecule has 2 aliphatic rings. The molecule has 2 saturated heterocycles. The van der Waals surface area contributed by atoms with Crippen LogP contribution < -0.4 is 0 Å². The zero-order chi connectivity index (χ0) is 17.8. The molecular weight excluding hydrogens is 416 g/mol. The number of alkyl halides is 1. The lowest BCUT2D eigenvalue weighted by atomic mass is 9.80. The monoisotopic (exact) mass is 432 g/mol. The summed E-state index contributed by atoms with van der Waals surface area (Å²) in [6.45, 7) is 6.72. The van der Waals surface area contributed by atoms with Crippen molar-refractivity contribution in [2.24, 2.45) is 0 Å². The van der Waals surface area contributed by atoms with Crippen LogP contribution in [0.1, 0.15) is 18.9 Å². The SMILES string of the molecule is C=CCOC(=O)[C@]1(CO)N2C(=O)C(Br)(c3nccs3)[C@H]2SC1(C)C. The van der Waals surface area contributed by atoms with E-state index < -0.39 is 27.2 Å². The second kappa shape index (κ2) is 5.82. The summed E-state index contributed by atoms with van der Waals surface area (Å²) in [7, 11) is 0. The summed E-state index contributed by atoms with van der Waals surface area (Å²) in [6, 6.07) is 0. The Morgan fingerprint density at radius 1 is 1.62 bits per heavy atom. The summed E-state index contributed by atoms with van der Waals surface area (Å²) in [6.07, 6.45) is 3.10. The highest BCUT2D eigenvalue weighted by Gasteiger charge is 2.78. The molecule has 2 aliphatic heterocycles. The van der Waals surface area contributed by atoms with Gasteiger partial charge in [0.1, 0.15) is 17.0 Å². The highest BCUT2D eigenvalue weighted by Crippen LogP contribution is 2.65. The van der Waals surface area contributed by atoms with Gasteiger partial charge in [-0.05, 0) is 13.8 Å². The van der Waals surface area contributed by atoms with Crippen molar-refractivity contribution in [2.45, 2.75) is 33.8 Å². The normalized spacial score (nSPS) is 33.8. The smallest absolute Gasteiger partial charge is 0.336 e. The van der Waals surface area contributed by atoms with E-state index in [0.29, 0.717) is 5.01 Å². The van der Waals surface area contributed by atoms with Crippen LogP contribution >= 0.6 is 39.0 Å². The van der Waals surface area contributed by atoms with Crippen molar-refractivity contribution in [3.05, 3.63) is 29.2 Å². The molecule has 24 heavy (non-hydrogen) atoms. The average Bonchev–Trinajstić information content (AvgIpc) is 3.15. The van der Waals surface area contributed by atoms with E-state index in [2.05, 4.69) is 27.5 Å². The molecule has 2 fully saturated rings. The molecular formula is C15H17BrN2O4S2. The van der Waals surface area contributed by atoms with Gasteiger partial charge in [-0.3, -0.25) is 4.79 Å². The number of fused-ring (bicyclic) bond motifs is 1. The van der Waals surface area contributed by atoms with Gasteiger partial charge in [0.15, 0.2) is 9.86 Å². The van der Waals surface area contributed by atoms with Gasteiger partial charge >= 0.3 is 5.97 Å². The van der Waals surface area contributed by atoms with Gasteiger partial charge in [-0.2, -0.15) is 0 Å². The van der Waals surface area contributed by atoms with Crippen LogP contribution in [0.4, 0.5) is 0 Å². The zero-order valence-corrected chi connectivity index (χ0v) is 16.4. The van der Waals surface area contributed by atoms with Crippen LogP contribution in [-0.2, 0) is 18.7 Å².